The van der Waals surface area contributed by atoms with Crippen molar-refractivity contribution in [2.24, 2.45) is 0 Å². The molecule has 1 amide bonds. The van der Waals surface area contributed by atoms with Crippen LogP contribution in [0.15, 0.2) is 41.7 Å². The average molecular weight is 606 g/mol. The maximum Gasteiger partial charge on any atom is 0.355 e. The predicted octanol–water partition coefficient (Wildman–Crippen LogP) is 4.07. The largest absolute Gasteiger partial charge is 0.489 e. The van der Waals surface area contributed by atoms with Gasteiger partial charge >= 0.3 is 11.7 Å². The van der Waals surface area contributed by atoms with Crippen LogP contribution in [0.25, 0.3) is 28.0 Å². The van der Waals surface area contributed by atoms with Gasteiger partial charge in [-0.2, -0.15) is 15.0 Å². The van der Waals surface area contributed by atoms with Gasteiger partial charge in [-0.1, -0.05) is 44.2 Å². The lowest BCUT2D eigenvalue weighted by Crippen LogP contribution is -2.56. The number of carbonyl (C=O) groups excluding carboxylic acids is 1. The molecule has 0 N–H and O–H groups in total. The minimum atomic E-state index is -0.633. The topological polar surface area (TPSA) is 116 Å². The van der Waals surface area contributed by atoms with Crippen molar-refractivity contribution in [3.8, 4) is 28.7 Å². The van der Waals surface area contributed by atoms with Gasteiger partial charge in [0.1, 0.15) is 28.7 Å². The number of carbonyl (C=O) groups is 1. The zero-order chi connectivity index (χ0) is 30.6. The van der Waals surface area contributed by atoms with E-state index in [1.807, 2.05) is 18.7 Å². The summed E-state index contributed by atoms with van der Waals surface area (Å²) >= 11 is 6.96. The summed E-state index contributed by atoms with van der Waals surface area (Å²) in [7, 11) is 1.47. The minimum Gasteiger partial charge on any atom is -0.489 e. The van der Waals surface area contributed by atoms with Gasteiger partial charge in [0.2, 0.25) is 5.91 Å². The van der Waals surface area contributed by atoms with Crippen LogP contribution in [0.3, 0.4) is 0 Å². The van der Waals surface area contributed by atoms with Gasteiger partial charge in [-0.05, 0) is 31.1 Å². The van der Waals surface area contributed by atoms with Crippen LogP contribution in [0.1, 0.15) is 31.2 Å². The van der Waals surface area contributed by atoms with E-state index in [0.717, 1.165) is 0 Å². The third-order valence-corrected chi connectivity index (χ3v) is 8.06. The van der Waals surface area contributed by atoms with Crippen molar-refractivity contribution in [3.05, 3.63) is 69.6 Å². The molecule has 0 radical (unpaired) electrons. The Morgan fingerprint density at radius 1 is 1.21 bits per heavy atom. The number of rotatable bonds is 5. The van der Waals surface area contributed by atoms with Crippen LogP contribution in [0.5, 0.6) is 11.8 Å². The van der Waals surface area contributed by atoms with E-state index >= 15 is 4.39 Å². The first kappa shape index (κ1) is 28.5. The second kappa shape index (κ2) is 10.9. The highest BCUT2D eigenvalue weighted by Gasteiger charge is 2.37. The van der Waals surface area contributed by atoms with Crippen LogP contribution in [-0.2, 0) is 4.79 Å². The Hall–Kier alpha value is -4.58. The summed E-state index contributed by atoms with van der Waals surface area (Å²) in [5.41, 5.74) is 1.17. The predicted molar refractivity (Wildman–Crippen MR) is 160 cm³/mol. The fraction of sp³-hybridized carbons (Fsp3) is 0.333. The second-order valence-electron chi connectivity index (χ2n) is 10.7. The molecule has 11 nitrogen and oxygen atoms in total. The van der Waals surface area contributed by atoms with Crippen molar-refractivity contribution >= 4 is 34.4 Å². The smallest absolute Gasteiger partial charge is 0.355 e. The number of pyridine rings is 1. The maximum atomic E-state index is 15.2. The molecule has 0 saturated carbocycles. The fourth-order valence-electron chi connectivity index (χ4n) is 5.68. The number of ether oxygens (including phenoxy) is 2. The number of benzene rings is 1. The van der Waals surface area contributed by atoms with Gasteiger partial charge in [-0.3, -0.25) is 4.79 Å². The second-order valence-corrected chi connectivity index (χ2v) is 11.0. The molecule has 0 aliphatic carbocycles. The molecule has 3 aromatic heterocycles. The quantitative estimate of drug-likeness (QED) is 0.311. The van der Waals surface area contributed by atoms with E-state index in [9.17, 15) is 9.59 Å². The van der Waals surface area contributed by atoms with Crippen molar-refractivity contribution in [1.29, 1.82) is 0 Å². The molecular weight excluding hydrogens is 577 g/mol. The first-order chi connectivity index (χ1) is 20.6. The highest BCUT2D eigenvalue weighted by atomic mass is 35.5. The maximum absolute atomic E-state index is 15.2. The lowest BCUT2D eigenvalue weighted by molar-refractivity contribution is -0.126. The Bertz CT molecular complexity index is 1860. The molecule has 2 aliphatic rings. The number of hydrogen-bond acceptors (Lipinski definition) is 9. The van der Waals surface area contributed by atoms with Crippen LogP contribution in [-0.4, -0.2) is 74.7 Å². The molecule has 5 heterocycles. The van der Waals surface area contributed by atoms with Crippen LogP contribution in [0.2, 0.25) is 5.02 Å². The van der Waals surface area contributed by atoms with E-state index in [4.69, 9.17) is 26.1 Å². The molecule has 13 heteroatoms. The summed E-state index contributed by atoms with van der Waals surface area (Å²) in [6.07, 6.45) is 1.27. The first-order valence-corrected chi connectivity index (χ1v) is 14.2. The van der Waals surface area contributed by atoms with Crippen LogP contribution in [0, 0.1) is 12.7 Å². The molecule has 1 atom stereocenters. The van der Waals surface area contributed by atoms with Crippen LogP contribution >= 0.6 is 11.6 Å². The zero-order valence-electron chi connectivity index (χ0n) is 24.1. The standard InChI is InChI=1S/C30H29ClFN7O4/c1-6-20(40)37-11-12-38-17(13-37)14-43-26-21-27(38)36-30(41)39(25-16(4)33-29(42-5)35-23(25)15(2)3)28(21)34-24(22(26)31)18-9-7-8-10-19(18)32/h6-10,15,17H,1,11-14H2,2-5H3/t17-/m1/s1. The first-order valence-electron chi connectivity index (χ1n) is 13.8. The summed E-state index contributed by atoms with van der Waals surface area (Å²) in [5.74, 6) is -0.338. The monoisotopic (exact) mass is 605 g/mol. The normalized spacial score (nSPS) is 16.1. The van der Waals surface area contributed by atoms with E-state index in [-0.39, 0.29) is 58.2 Å². The Morgan fingerprint density at radius 2 is 1.98 bits per heavy atom. The van der Waals surface area contributed by atoms with E-state index in [2.05, 4.69) is 21.5 Å². The molecule has 0 spiro atoms. The Kier molecular flexibility index (Phi) is 7.25. The highest BCUT2D eigenvalue weighted by molar-refractivity contribution is 6.36. The summed E-state index contributed by atoms with van der Waals surface area (Å²) in [6.45, 7) is 10.4. The molecule has 0 unspecified atom stereocenters. The van der Waals surface area contributed by atoms with Gasteiger partial charge < -0.3 is 19.3 Å². The van der Waals surface area contributed by atoms with Crippen molar-refractivity contribution in [1.82, 2.24) is 29.4 Å². The van der Waals surface area contributed by atoms with Crippen molar-refractivity contribution in [3.63, 3.8) is 0 Å². The third kappa shape index (κ3) is 4.66. The molecule has 1 fully saturated rings. The van der Waals surface area contributed by atoms with E-state index < -0.39 is 11.5 Å². The Morgan fingerprint density at radius 3 is 2.67 bits per heavy atom. The zero-order valence-corrected chi connectivity index (χ0v) is 24.9. The van der Waals surface area contributed by atoms with Crippen molar-refractivity contribution in [2.75, 3.05) is 38.3 Å². The summed E-state index contributed by atoms with van der Waals surface area (Å²) in [6, 6.07) is 5.93. The highest BCUT2D eigenvalue weighted by Crippen LogP contribution is 2.45. The molecule has 222 valence electrons. The lowest BCUT2D eigenvalue weighted by Gasteiger charge is -2.40. The van der Waals surface area contributed by atoms with Gasteiger partial charge in [-0.25, -0.2) is 18.7 Å². The molecule has 0 bridgehead atoms. The Labute approximate surface area is 251 Å². The van der Waals surface area contributed by atoms with Gasteiger partial charge in [-0.15, -0.1) is 0 Å². The number of aromatic nitrogens is 5. The third-order valence-electron chi connectivity index (χ3n) is 7.71. The minimum absolute atomic E-state index is 0.0801. The number of halogens is 2. The van der Waals surface area contributed by atoms with E-state index in [0.29, 0.717) is 47.9 Å². The van der Waals surface area contributed by atoms with Gasteiger partial charge in [0, 0.05) is 25.2 Å². The van der Waals surface area contributed by atoms with E-state index in [1.165, 1.54) is 23.8 Å². The number of nitrogens with zero attached hydrogens (tertiary/aromatic N) is 7. The van der Waals surface area contributed by atoms with Crippen molar-refractivity contribution in [2.45, 2.75) is 32.7 Å². The summed E-state index contributed by atoms with van der Waals surface area (Å²) < 4.78 is 28.2. The van der Waals surface area contributed by atoms with Gasteiger partial charge in [0.05, 0.1) is 35.9 Å². The number of piperazine rings is 1. The van der Waals surface area contributed by atoms with Crippen LogP contribution in [0.4, 0.5) is 10.2 Å². The van der Waals surface area contributed by atoms with E-state index in [1.54, 1.807) is 30.0 Å². The Balaban J connectivity index is 1.70. The summed E-state index contributed by atoms with van der Waals surface area (Å²) in [5, 5.41) is 0.470. The molecule has 2 aliphatic heterocycles. The SMILES string of the molecule is C=CC(=O)N1CCN2c3nc(=O)n(-c4c(C)nc(OC)nc4C(C)C)c4nc(-c5ccccc5F)c(Cl)c(c34)OC[C@H]2C1. The fourth-order valence-corrected chi connectivity index (χ4v) is 5.97. The number of fused-ring (bicyclic) bond motifs is 2. The number of hydrogen-bond donors (Lipinski definition) is 0. The number of amides is 1. The number of methoxy groups -OCH3 is 1. The molecule has 6 rings (SSSR count). The molecular formula is C30H29ClFN7O4. The number of aryl methyl sites for hydroxylation is 1. The molecule has 1 aromatic carbocycles. The van der Waals surface area contributed by atoms with Crippen molar-refractivity contribution < 1.29 is 18.7 Å². The average Bonchev–Trinajstić information content (AvgIpc) is 3.16. The van der Waals surface area contributed by atoms with Crippen LogP contribution < -0.4 is 20.1 Å². The molecule has 1 saturated heterocycles. The molecule has 4 aromatic rings. The summed E-state index contributed by atoms with van der Waals surface area (Å²) in [4.78, 5) is 48.6. The molecule has 43 heavy (non-hydrogen) atoms. The number of anilines is 1. The van der Waals surface area contributed by atoms with Gasteiger partial charge in [0.15, 0.2) is 11.4 Å². The lowest BCUT2D eigenvalue weighted by atomic mass is 10.1. The van der Waals surface area contributed by atoms with Gasteiger partial charge in [0.25, 0.3) is 0 Å².